The fraction of sp³-hybridized carbons (Fsp3) is 0.800. The van der Waals surface area contributed by atoms with Crippen LogP contribution < -0.4 is 0 Å². The molecule has 96 valence electrons. The Morgan fingerprint density at radius 3 is 2.94 bits per heavy atom. The van der Waals surface area contributed by atoms with Gasteiger partial charge in [0, 0.05) is 13.0 Å². The molecule has 7 nitrogen and oxygen atoms in total. The summed E-state index contributed by atoms with van der Waals surface area (Å²) in [5.41, 5.74) is 0. The zero-order valence-corrected chi connectivity index (χ0v) is 10.2. The zero-order valence-electron chi connectivity index (χ0n) is 10.2. The number of hydrogen-bond acceptors (Lipinski definition) is 5. The predicted molar refractivity (Wildman–Crippen MR) is 59.4 cm³/mol. The molecule has 0 spiro atoms. The van der Waals surface area contributed by atoms with Gasteiger partial charge in [-0.25, -0.2) is 4.68 Å². The van der Waals surface area contributed by atoms with Crippen molar-refractivity contribution in [3.05, 3.63) is 5.82 Å². The molecule has 1 N–H and O–H groups in total. The van der Waals surface area contributed by atoms with Crippen molar-refractivity contribution >= 4 is 5.97 Å². The van der Waals surface area contributed by atoms with Crippen LogP contribution in [0.15, 0.2) is 0 Å². The molecule has 0 saturated carbocycles. The maximum Gasteiger partial charge on any atom is 0.308 e. The number of carboxylic acids is 1. The summed E-state index contributed by atoms with van der Waals surface area (Å²) in [6, 6.07) is 0. The average Bonchev–Trinajstić information content (AvgIpc) is 2.72. The summed E-state index contributed by atoms with van der Waals surface area (Å²) in [6.45, 7) is 5.22. The maximum atomic E-state index is 10.7. The Bertz CT molecular complexity index is 353. The highest BCUT2D eigenvalue weighted by molar-refractivity contribution is 5.69. The lowest BCUT2D eigenvalue weighted by atomic mass is 10.2. The van der Waals surface area contributed by atoms with Crippen LogP contribution in [-0.4, -0.2) is 44.5 Å². The van der Waals surface area contributed by atoms with Gasteiger partial charge in [-0.2, -0.15) is 0 Å². The number of ether oxygens (including phenoxy) is 1. The standard InChI is InChI=1S/C10H18N4O3/c1-3-5-17-6-4-9-11-12-13-14(9)7-8(2)10(15)16/h8H,3-7H2,1-2H3,(H,15,16). The van der Waals surface area contributed by atoms with Crippen molar-refractivity contribution in [2.45, 2.75) is 33.2 Å². The monoisotopic (exact) mass is 242 g/mol. The van der Waals surface area contributed by atoms with E-state index in [9.17, 15) is 4.79 Å². The van der Waals surface area contributed by atoms with Crippen LogP contribution in [0.5, 0.6) is 0 Å². The number of carbonyl (C=O) groups is 1. The Hall–Kier alpha value is -1.50. The molecule has 0 fully saturated rings. The van der Waals surface area contributed by atoms with Crippen molar-refractivity contribution in [1.29, 1.82) is 0 Å². The summed E-state index contributed by atoms with van der Waals surface area (Å²) in [5, 5.41) is 20.0. The van der Waals surface area contributed by atoms with Crippen LogP contribution in [0.25, 0.3) is 0 Å². The van der Waals surface area contributed by atoms with E-state index in [1.54, 1.807) is 6.92 Å². The smallest absolute Gasteiger partial charge is 0.308 e. The lowest BCUT2D eigenvalue weighted by Crippen LogP contribution is -2.20. The van der Waals surface area contributed by atoms with Crippen molar-refractivity contribution in [3.63, 3.8) is 0 Å². The van der Waals surface area contributed by atoms with Gasteiger partial charge in [-0.15, -0.1) is 5.10 Å². The van der Waals surface area contributed by atoms with Gasteiger partial charge in [0.15, 0.2) is 5.82 Å². The van der Waals surface area contributed by atoms with E-state index in [0.717, 1.165) is 6.42 Å². The van der Waals surface area contributed by atoms with E-state index in [1.807, 2.05) is 6.92 Å². The largest absolute Gasteiger partial charge is 0.481 e. The van der Waals surface area contributed by atoms with E-state index in [4.69, 9.17) is 9.84 Å². The number of carboxylic acid groups (broad SMARTS) is 1. The van der Waals surface area contributed by atoms with Crippen LogP contribution in [0.4, 0.5) is 0 Å². The lowest BCUT2D eigenvalue weighted by molar-refractivity contribution is -0.141. The second kappa shape index (κ2) is 6.95. The Morgan fingerprint density at radius 1 is 1.53 bits per heavy atom. The third-order valence-corrected chi connectivity index (χ3v) is 2.29. The van der Waals surface area contributed by atoms with E-state index in [1.165, 1.54) is 4.68 Å². The van der Waals surface area contributed by atoms with Crippen molar-refractivity contribution in [2.24, 2.45) is 5.92 Å². The Morgan fingerprint density at radius 2 is 2.29 bits per heavy atom. The van der Waals surface area contributed by atoms with Crippen LogP contribution in [-0.2, 0) is 22.5 Å². The van der Waals surface area contributed by atoms with Crippen LogP contribution in [0.1, 0.15) is 26.1 Å². The number of tetrazole rings is 1. The molecule has 0 aliphatic heterocycles. The minimum Gasteiger partial charge on any atom is -0.481 e. The summed E-state index contributed by atoms with van der Waals surface area (Å²) >= 11 is 0. The van der Waals surface area contributed by atoms with Crippen molar-refractivity contribution in [2.75, 3.05) is 13.2 Å². The van der Waals surface area contributed by atoms with Gasteiger partial charge in [0.1, 0.15) is 0 Å². The van der Waals surface area contributed by atoms with Gasteiger partial charge in [0.05, 0.1) is 19.1 Å². The summed E-state index contributed by atoms with van der Waals surface area (Å²) in [7, 11) is 0. The molecule has 7 heteroatoms. The first-order chi connectivity index (χ1) is 8.15. The summed E-state index contributed by atoms with van der Waals surface area (Å²) in [5.74, 6) is -0.698. The molecule has 1 unspecified atom stereocenters. The maximum absolute atomic E-state index is 10.7. The molecule has 1 atom stereocenters. The molecular formula is C10H18N4O3. The molecule has 0 aliphatic rings. The van der Waals surface area contributed by atoms with Gasteiger partial charge in [-0.05, 0) is 16.8 Å². The minimum absolute atomic E-state index is 0.283. The molecule has 0 amide bonds. The third-order valence-electron chi connectivity index (χ3n) is 2.29. The molecule has 0 aliphatic carbocycles. The number of nitrogens with zero attached hydrogens (tertiary/aromatic N) is 4. The SMILES string of the molecule is CCCOCCc1nnnn1CC(C)C(=O)O. The molecule has 1 aromatic rings. The highest BCUT2D eigenvalue weighted by atomic mass is 16.5. The van der Waals surface area contributed by atoms with Gasteiger partial charge in [0.25, 0.3) is 0 Å². The number of hydrogen-bond donors (Lipinski definition) is 1. The molecule has 17 heavy (non-hydrogen) atoms. The molecule has 1 rings (SSSR count). The Labute approximate surface area is 99.8 Å². The number of rotatable bonds is 8. The molecule has 1 aromatic heterocycles. The molecule has 0 aromatic carbocycles. The van der Waals surface area contributed by atoms with Crippen molar-refractivity contribution in [3.8, 4) is 0 Å². The molecule has 0 saturated heterocycles. The van der Waals surface area contributed by atoms with Crippen molar-refractivity contribution < 1.29 is 14.6 Å². The summed E-state index contributed by atoms with van der Waals surface area (Å²) in [6.07, 6.45) is 1.57. The Balaban J connectivity index is 2.45. The zero-order chi connectivity index (χ0) is 12.7. The molecule has 0 radical (unpaired) electrons. The first-order valence-corrected chi connectivity index (χ1v) is 5.70. The first kappa shape index (κ1) is 13.6. The highest BCUT2D eigenvalue weighted by Gasteiger charge is 2.15. The highest BCUT2D eigenvalue weighted by Crippen LogP contribution is 2.02. The van der Waals surface area contributed by atoms with E-state index in [-0.39, 0.29) is 6.54 Å². The van der Waals surface area contributed by atoms with Gasteiger partial charge >= 0.3 is 5.97 Å². The van der Waals surface area contributed by atoms with Crippen LogP contribution in [0.2, 0.25) is 0 Å². The average molecular weight is 242 g/mol. The second-order valence-corrected chi connectivity index (χ2v) is 3.88. The van der Waals surface area contributed by atoms with Gasteiger partial charge < -0.3 is 9.84 Å². The van der Waals surface area contributed by atoms with Crippen LogP contribution >= 0.6 is 0 Å². The summed E-state index contributed by atoms with van der Waals surface area (Å²) in [4.78, 5) is 10.7. The van der Waals surface area contributed by atoms with E-state index < -0.39 is 11.9 Å². The Kier molecular flexibility index (Phi) is 5.55. The van der Waals surface area contributed by atoms with Crippen LogP contribution in [0.3, 0.4) is 0 Å². The number of aliphatic carboxylic acids is 1. The topological polar surface area (TPSA) is 90.1 Å². The second-order valence-electron chi connectivity index (χ2n) is 3.88. The van der Waals surface area contributed by atoms with Crippen LogP contribution in [0, 0.1) is 5.92 Å². The van der Waals surface area contributed by atoms with E-state index >= 15 is 0 Å². The minimum atomic E-state index is -0.853. The lowest BCUT2D eigenvalue weighted by Gasteiger charge is -2.07. The predicted octanol–water partition coefficient (Wildman–Crippen LogP) is 0.363. The summed E-state index contributed by atoms with van der Waals surface area (Å²) < 4.78 is 6.86. The third kappa shape index (κ3) is 4.48. The molecular weight excluding hydrogens is 224 g/mol. The normalized spacial score (nSPS) is 12.6. The van der Waals surface area contributed by atoms with Crippen molar-refractivity contribution in [1.82, 2.24) is 20.2 Å². The number of aromatic nitrogens is 4. The molecule has 0 bridgehead atoms. The van der Waals surface area contributed by atoms with Gasteiger partial charge in [-0.3, -0.25) is 4.79 Å². The quantitative estimate of drug-likeness (QED) is 0.662. The molecule has 1 heterocycles. The van der Waals surface area contributed by atoms with Gasteiger partial charge in [-0.1, -0.05) is 13.8 Å². The first-order valence-electron chi connectivity index (χ1n) is 5.70. The van der Waals surface area contributed by atoms with E-state index in [2.05, 4.69) is 15.5 Å². The van der Waals surface area contributed by atoms with Gasteiger partial charge in [0.2, 0.25) is 0 Å². The fourth-order valence-electron chi connectivity index (χ4n) is 1.29. The fourth-order valence-corrected chi connectivity index (χ4v) is 1.29. The van der Waals surface area contributed by atoms with E-state index in [0.29, 0.717) is 25.5 Å².